The maximum atomic E-state index is 13.4. The van der Waals surface area contributed by atoms with Crippen molar-refractivity contribution in [2.75, 3.05) is 0 Å². The van der Waals surface area contributed by atoms with Crippen molar-refractivity contribution in [1.29, 1.82) is 0 Å². The van der Waals surface area contributed by atoms with Crippen molar-refractivity contribution in [1.82, 2.24) is 4.72 Å². The Labute approximate surface area is 201 Å². The van der Waals surface area contributed by atoms with Gasteiger partial charge in [-0.2, -0.15) is 0 Å². The first-order chi connectivity index (χ1) is 15.1. The van der Waals surface area contributed by atoms with Crippen molar-refractivity contribution in [3.63, 3.8) is 0 Å². The Hall–Kier alpha value is -1.85. The molecule has 0 aliphatic heterocycles. The molecule has 3 aromatic carbocycles. The molecule has 0 radical (unpaired) electrons. The molecule has 0 saturated carbocycles. The van der Waals surface area contributed by atoms with Gasteiger partial charge in [0.15, 0.2) is 0 Å². The van der Waals surface area contributed by atoms with Crippen molar-refractivity contribution in [2.45, 2.75) is 50.3 Å². The third kappa shape index (κ3) is 6.35. The number of hydrogen-bond donors (Lipinski definition) is 1. The number of halogens is 2. The van der Waals surface area contributed by atoms with E-state index < -0.39 is 14.8 Å². The van der Waals surface area contributed by atoms with E-state index in [2.05, 4.69) is 4.72 Å². The van der Waals surface area contributed by atoms with E-state index in [1.54, 1.807) is 13.8 Å². The van der Waals surface area contributed by atoms with E-state index in [4.69, 9.17) is 23.2 Å². The molecule has 2 atom stereocenters. The Morgan fingerprint density at radius 3 is 1.91 bits per heavy atom. The Kier molecular flexibility index (Phi) is 8.05. The van der Waals surface area contributed by atoms with Gasteiger partial charge < -0.3 is 0 Å². The van der Waals surface area contributed by atoms with Crippen LogP contribution in [-0.2, 0) is 22.9 Å². The van der Waals surface area contributed by atoms with Crippen LogP contribution in [-0.4, -0.2) is 19.2 Å². The zero-order valence-electron chi connectivity index (χ0n) is 18.6. The van der Waals surface area contributed by atoms with E-state index in [1.807, 2.05) is 85.8 Å². The van der Waals surface area contributed by atoms with Crippen LogP contribution >= 0.6 is 23.2 Å². The maximum Gasteiger partial charge on any atom is 0.217 e. The van der Waals surface area contributed by atoms with Gasteiger partial charge in [-0.3, -0.25) is 0 Å². The number of rotatable bonds is 9. The smallest absolute Gasteiger partial charge is 0.212 e. The normalized spacial score (nSPS) is 14.2. The molecule has 0 aromatic heterocycles. The van der Waals surface area contributed by atoms with Gasteiger partial charge in [0.2, 0.25) is 10.0 Å². The van der Waals surface area contributed by atoms with E-state index in [1.165, 1.54) is 0 Å². The van der Waals surface area contributed by atoms with Gasteiger partial charge in [-0.1, -0.05) is 77.8 Å². The average molecular weight is 490 g/mol. The summed E-state index contributed by atoms with van der Waals surface area (Å²) in [4.78, 5) is 0. The predicted molar refractivity (Wildman–Crippen MR) is 135 cm³/mol. The standard InChI is InChI=1S/C26H29Cl2NO2S/c1-19(29-32(30,31)26(2,3)18-21-7-5-4-6-8-21)25(22-11-15-24(28)16-12-22)17-20-9-13-23(27)14-10-20/h4-16,19,25,29H,17-18H2,1-3H3. The Bertz CT molecular complexity index is 1110. The molecule has 1 N–H and O–H groups in total. The first-order valence-electron chi connectivity index (χ1n) is 10.6. The highest BCUT2D eigenvalue weighted by Crippen LogP contribution is 2.29. The fourth-order valence-electron chi connectivity index (χ4n) is 3.84. The third-order valence-electron chi connectivity index (χ3n) is 5.81. The minimum Gasteiger partial charge on any atom is -0.212 e. The van der Waals surface area contributed by atoms with E-state index in [9.17, 15) is 8.42 Å². The molecule has 0 heterocycles. The van der Waals surface area contributed by atoms with Crippen molar-refractivity contribution < 1.29 is 8.42 Å². The minimum atomic E-state index is -3.61. The molecule has 0 fully saturated rings. The van der Waals surface area contributed by atoms with Crippen LogP contribution in [0.4, 0.5) is 0 Å². The van der Waals surface area contributed by atoms with Crippen molar-refractivity contribution in [2.24, 2.45) is 0 Å². The van der Waals surface area contributed by atoms with Crippen LogP contribution in [0.5, 0.6) is 0 Å². The predicted octanol–water partition coefficient (Wildman–Crippen LogP) is 6.65. The minimum absolute atomic E-state index is 0.0734. The Morgan fingerprint density at radius 1 is 0.812 bits per heavy atom. The summed E-state index contributed by atoms with van der Waals surface area (Å²) in [7, 11) is -3.61. The lowest BCUT2D eigenvalue weighted by molar-refractivity contribution is 0.480. The molecule has 0 aliphatic rings. The van der Waals surface area contributed by atoms with E-state index in [-0.39, 0.29) is 12.0 Å². The summed E-state index contributed by atoms with van der Waals surface area (Å²) < 4.78 is 28.8. The molecule has 3 rings (SSSR count). The van der Waals surface area contributed by atoms with E-state index in [0.29, 0.717) is 22.9 Å². The van der Waals surface area contributed by atoms with Crippen LogP contribution in [0.1, 0.15) is 43.4 Å². The van der Waals surface area contributed by atoms with Gasteiger partial charge >= 0.3 is 0 Å². The summed E-state index contributed by atoms with van der Waals surface area (Å²) in [6.07, 6.45) is 1.10. The average Bonchev–Trinajstić information content (AvgIpc) is 2.74. The van der Waals surface area contributed by atoms with E-state index in [0.717, 1.165) is 16.7 Å². The molecular formula is C26H29Cl2NO2S. The highest BCUT2D eigenvalue weighted by molar-refractivity contribution is 7.90. The molecule has 3 aromatic rings. The Morgan fingerprint density at radius 2 is 1.34 bits per heavy atom. The lowest BCUT2D eigenvalue weighted by atomic mass is 9.87. The summed E-state index contributed by atoms with van der Waals surface area (Å²) in [6.45, 7) is 5.46. The SMILES string of the molecule is CC(NS(=O)(=O)C(C)(C)Cc1ccccc1)C(Cc1ccc(Cl)cc1)c1ccc(Cl)cc1. The second kappa shape index (κ2) is 10.4. The molecule has 3 nitrogen and oxygen atoms in total. The van der Waals surface area contributed by atoms with Gasteiger partial charge in [0.25, 0.3) is 0 Å². The first-order valence-corrected chi connectivity index (χ1v) is 12.9. The maximum absolute atomic E-state index is 13.4. The zero-order chi connectivity index (χ0) is 23.4. The molecule has 0 saturated heterocycles. The van der Waals surface area contributed by atoms with Gasteiger partial charge in [0.1, 0.15) is 0 Å². The van der Waals surface area contributed by atoms with Crippen molar-refractivity contribution in [3.8, 4) is 0 Å². The van der Waals surface area contributed by atoms with Crippen molar-refractivity contribution in [3.05, 3.63) is 106 Å². The van der Waals surface area contributed by atoms with Crippen LogP contribution in [0.25, 0.3) is 0 Å². The highest BCUT2D eigenvalue weighted by Gasteiger charge is 2.37. The summed E-state index contributed by atoms with van der Waals surface area (Å²) in [5, 5.41) is 1.32. The van der Waals surface area contributed by atoms with Gasteiger partial charge in [-0.05, 0) is 74.6 Å². The quantitative estimate of drug-likeness (QED) is 0.365. The molecule has 0 bridgehead atoms. The molecule has 170 valence electrons. The van der Waals surface area contributed by atoms with Gasteiger partial charge in [-0.25, -0.2) is 13.1 Å². The third-order valence-corrected chi connectivity index (χ3v) is 8.60. The van der Waals surface area contributed by atoms with Crippen LogP contribution in [0, 0.1) is 0 Å². The summed E-state index contributed by atoms with van der Waals surface area (Å²) in [5.41, 5.74) is 3.11. The highest BCUT2D eigenvalue weighted by atomic mass is 35.5. The van der Waals surface area contributed by atoms with Crippen LogP contribution in [0.2, 0.25) is 10.0 Å². The molecule has 2 unspecified atom stereocenters. The second-order valence-electron chi connectivity index (χ2n) is 8.82. The first kappa shape index (κ1) is 24.8. The van der Waals surface area contributed by atoms with Crippen LogP contribution < -0.4 is 4.72 Å². The number of hydrogen-bond acceptors (Lipinski definition) is 2. The number of sulfonamides is 1. The van der Waals surface area contributed by atoms with Crippen LogP contribution in [0.3, 0.4) is 0 Å². The number of benzene rings is 3. The van der Waals surface area contributed by atoms with E-state index >= 15 is 0 Å². The largest absolute Gasteiger partial charge is 0.217 e. The molecule has 0 aliphatic carbocycles. The van der Waals surface area contributed by atoms with Gasteiger partial charge in [-0.15, -0.1) is 0 Å². The summed E-state index contributed by atoms with van der Waals surface area (Å²) in [6, 6.07) is 24.6. The fourth-order valence-corrected chi connectivity index (χ4v) is 5.42. The number of nitrogens with one attached hydrogen (secondary N) is 1. The molecule has 32 heavy (non-hydrogen) atoms. The fraction of sp³-hybridized carbons (Fsp3) is 0.308. The summed E-state index contributed by atoms with van der Waals surface area (Å²) >= 11 is 12.1. The van der Waals surface area contributed by atoms with Gasteiger partial charge in [0, 0.05) is 22.0 Å². The van der Waals surface area contributed by atoms with Gasteiger partial charge in [0.05, 0.1) is 4.75 Å². The monoisotopic (exact) mass is 489 g/mol. The van der Waals surface area contributed by atoms with Crippen LogP contribution in [0.15, 0.2) is 78.9 Å². The topological polar surface area (TPSA) is 46.2 Å². The second-order valence-corrected chi connectivity index (χ2v) is 12.0. The summed E-state index contributed by atoms with van der Waals surface area (Å²) in [5.74, 6) is -0.0734. The lowest BCUT2D eigenvalue weighted by Gasteiger charge is -2.31. The molecular weight excluding hydrogens is 461 g/mol. The molecule has 0 amide bonds. The van der Waals surface area contributed by atoms with Crippen molar-refractivity contribution >= 4 is 33.2 Å². The lowest BCUT2D eigenvalue weighted by Crippen LogP contribution is -2.48. The molecule has 0 spiro atoms. The Balaban J connectivity index is 1.85. The molecule has 6 heteroatoms. The zero-order valence-corrected chi connectivity index (χ0v) is 20.9.